The molecule has 2 aromatic rings. The second-order valence-corrected chi connectivity index (χ2v) is 9.46. The number of carbonyl (C=O) groups is 1. The van der Waals surface area contributed by atoms with Gasteiger partial charge in [0.05, 0.1) is 28.4 Å². The van der Waals surface area contributed by atoms with Gasteiger partial charge in [-0.1, -0.05) is 0 Å². The molecule has 0 aliphatic heterocycles. The van der Waals surface area contributed by atoms with Crippen molar-refractivity contribution in [3.05, 3.63) is 27.4 Å². The van der Waals surface area contributed by atoms with E-state index in [9.17, 15) is 13.2 Å². The van der Waals surface area contributed by atoms with Crippen molar-refractivity contribution >= 4 is 38.6 Å². The second kappa shape index (κ2) is 7.52. The van der Waals surface area contributed by atoms with E-state index in [-0.39, 0.29) is 12.5 Å². The first-order valence-corrected chi connectivity index (χ1v) is 10.5. The molecule has 6 nitrogen and oxygen atoms in total. The number of amides is 1. The molecule has 0 radical (unpaired) electrons. The molecule has 126 valence electrons. The predicted molar refractivity (Wildman–Crippen MR) is 94.4 cm³/mol. The molecule has 23 heavy (non-hydrogen) atoms. The third kappa shape index (κ3) is 5.38. The number of aryl methyl sites for hydroxylation is 1. The maximum atomic E-state index is 11.7. The number of hydrogen-bond donors (Lipinski definition) is 1. The Hall–Kier alpha value is -1.29. The molecule has 2 rings (SSSR count). The van der Waals surface area contributed by atoms with Crippen molar-refractivity contribution in [3.63, 3.8) is 0 Å². The average Bonchev–Trinajstić information content (AvgIpc) is 3.06. The van der Waals surface area contributed by atoms with Crippen molar-refractivity contribution in [2.75, 3.05) is 26.4 Å². The quantitative estimate of drug-likeness (QED) is 0.802. The van der Waals surface area contributed by atoms with Gasteiger partial charge >= 0.3 is 0 Å². The van der Waals surface area contributed by atoms with Gasteiger partial charge in [-0.15, -0.1) is 22.7 Å². The molecule has 1 N–H and O–H groups in total. The van der Waals surface area contributed by atoms with Crippen LogP contribution in [0.1, 0.15) is 9.88 Å². The lowest BCUT2D eigenvalue weighted by molar-refractivity contribution is -0.121. The summed E-state index contributed by atoms with van der Waals surface area (Å²) in [5.41, 5.74) is 0.988. The summed E-state index contributed by atoms with van der Waals surface area (Å²) in [6, 6.07) is 4.07. The monoisotopic (exact) mass is 373 g/mol. The minimum absolute atomic E-state index is 0.160. The summed E-state index contributed by atoms with van der Waals surface area (Å²) in [5.74, 6) is -0.301. The maximum absolute atomic E-state index is 11.7. The number of hydrogen-bond acceptors (Lipinski definition) is 6. The number of sulfonamides is 1. The van der Waals surface area contributed by atoms with Crippen LogP contribution in [-0.2, 0) is 21.2 Å². The molecule has 0 fully saturated rings. The molecule has 0 atom stereocenters. The topological polar surface area (TPSA) is 79.4 Å². The van der Waals surface area contributed by atoms with Gasteiger partial charge in [0.25, 0.3) is 0 Å². The highest BCUT2D eigenvalue weighted by atomic mass is 32.2. The van der Waals surface area contributed by atoms with Crippen LogP contribution in [-0.4, -0.2) is 50.0 Å². The van der Waals surface area contributed by atoms with E-state index in [1.54, 1.807) is 22.7 Å². The molecule has 0 spiro atoms. The first-order valence-electron chi connectivity index (χ1n) is 6.95. The number of rotatable bonds is 7. The van der Waals surface area contributed by atoms with Gasteiger partial charge in [-0.25, -0.2) is 13.4 Å². The van der Waals surface area contributed by atoms with Crippen molar-refractivity contribution in [2.24, 2.45) is 0 Å². The van der Waals surface area contributed by atoms with Gasteiger partial charge in [-0.2, -0.15) is 4.31 Å². The molecule has 0 bridgehead atoms. The molecule has 2 aromatic heterocycles. The van der Waals surface area contributed by atoms with Crippen LogP contribution in [0.2, 0.25) is 0 Å². The molecule has 0 aliphatic rings. The molecule has 9 heteroatoms. The van der Waals surface area contributed by atoms with Crippen LogP contribution in [0.15, 0.2) is 17.5 Å². The fourth-order valence-corrected chi connectivity index (χ4v) is 3.83. The normalized spacial score (nSPS) is 11.8. The fraction of sp³-hybridized carbons (Fsp3) is 0.429. The van der Waals surface area contributed by atoms with Crippen molar-refractivity contribution in [1.82, 2.24) is 14.6 Å². The van der Waals surface area contributed by atoms with Crippen molar-refractivity contribution in [2.45, 2.75) is 13.3 Å². The smallest absolute Gasteiger partial charge is 0.235 e. The molecule has 0 unspecified atom stereocenters. The summed E-state index contributed by atoms with van der Waals surface area (Å²) < 4.78 is 23.5. The van der Waals surface area contributed by atoms with Crippen molar-refractivity contribution in [1.29, 1.82) is 0 Å². The van der Waals surface area contributed by atoms with E-state index in [2.05, 4.69) is 10.3 Å². The van der Waals surface area contributed by atoms with Gasteiger partial charge in [-0.05, 0) is 25.5 Å². The SMILES string of the molecule is Cc1nc(-c2ccc(CCNC(=O)CN(C)S(C)(=O)=O)s2)cs1. The van der Waals surface area contributed by atoms with Gasteiger partial charge in [0.2, 0.25) is 15.9 Å². The molecule has 0 saturated heterocycles. The lowest BCUT2D eigenvalue weighted by Crippen LogP contribution is -2.38. The first kappa shape index (κ1) is 18.1. The van der Waals surface area contributed by atoms with Crippen molar-refractivity contribution < 1.29 is 13.2 Å². The van der Waals surface area contributed by atoms with Crippen LogP contribution < -0.4 is 5.32 Å². The third-order valence-electron chi connectivity index (χ3n) is 3.16. The molecule has 0 aromatic carbocycles. The number of aromatic nitrogens is 1. The average molecular weight is 374 g/mol. The lowest BCUT2D eigenvalue weighted by Gasteiger charge is -2.13. The third-order valence-corrected chi connectivity index (χ3v) is 6.36. The summed E-state index contributed by atoms with van der Waals surface area (Å²) >= 11 is 3.28. The Labute approximate surface area is 144 Å². The van der Waals surface area contributed by atoms with E-state index in [1.807, 2.05) is 24.4 Å². The molecular weight excluding hydrogens is 354 g/mol. The van der Waals surface area contributed by atoms with Gasteiger partial charge in [0.15, 0.2) is 0 Å². The van der Waals surface area contributed by atoms with E-state index in [0.29, 0.717) is 13.0 Å². The lowest BCUT2D eigenvalue weighted by atomic mass is 10.3. The Kier molecular flexibility index (Phi) is 5.90. The van der Waals surface area contributed by atoms with Gasteiger partial charge in [0.1, 0.15) is 0 Å². The van der Waals surface area contributed by atoms with Gasteiger partial charge < -0.3 is 5.32 Å². The molecule has 1 amide bonds. The minimum Gasteiger partial charge on any atom is -0.355 e. The highest BCUT2D eigenvalue weighted by Gasteiger charge is 2.14. The summed E-state index contributed by atoms with van der Waals surface area (Å²) in [5, 5.41) is 5.81. The molecule has 0 saturated carbocycles. The molecular formula is C14H19N3O3S3. The highest BCUT2D eigenvalue weighted by Crippen LogP contribution is 2.29. The van der Waals surface area contributed by atoms with Crippen molar-refractivity contribution in [3.8, 4) is 10.6 Å². The zero-order valence-corrected chi connectivity index (χ0v) is 15.6. The van der Waals surface area contributed by atoms with E-state index >= 15 is 0 Å². The number of carbonyl (C=O) groups excluding carboxylic acids is 1. The Morgan fingerprint density at radius 1 is 1.39 bits per heavy atom. The number of nitrogens with one attached hydrogen (secondary N) is 1. The summed E-state index contributed by atoms with van der Waals surface area (Å²) in [6.45, 7) is 2.30. The number of likely N-dealkylation sites (N-methyl/N-ethyl adjacent to an activating group) is 1. The zero-order valence-electron chi connectivity index (χ0n) is 13.2. The Bertz CT molecular complexity index is 780. The van der Waals surface area contributed by atoms with Crippen LogP contribution in [0.25, 0.3) is 10.6 Å². The van der Waals surface area contributed by atoms with Crippen LogP contribution in [0.3, 0.4) is 0 Å². The second-order valence-electron chi connectivity index (χ2n) is 5.14. The summed E-state index contributed by atoms with van der Waals surface area (Å²) in [7, 11) is -1.95. The number of nitrogens with zero attached hydrogens (tertiary/aromatic N) is 2. The maximum Gasteiger partial charge on any atom is 0.235 e. The van der Waals surface area contributed by atoms with Gasteiger partial charge in [-0.3, -0.25) is 4.79 Å². The van der Waals surface area contributed by atoms with E-state index in [4.69, 9.17) is 0 Å². The Morgan fingerprint density at radius 3 is 2.74 bits per heavy atom. The first-order chi connectivity index (χ1) is 10.8. The molecule has 2 heterocycles. The number of thiophene rings is 1. The van der Waals surface area contributed by atoms with E-state index < -0.39 is 10.0 Å². The number of thiazole rings is 1. The fourth-order valence-electron chi connectivity index (χ4n) is 1.83. The van der Waals surface area contributed by atoms with Crippen LogP contribution >= 0.6 is 22.7 Å². The standard InChI is InChI=1S/C14H19N3O3S3/c1-10-16-12(9-21-10)13-5-4-11(22-13)6-7-15-14(18)8-17(2)23(3,19)20/h4-5,9H,6-8H2,1-3H3,(H,15,18). The predicted octanol–water partition coefficient (Wildman–Crippen LogP) is 1.73. The van der Waals surface area contributed by atoms with E-state index in [0.717, 1.165) is 31.0 Å². The summed E-state index contributed by atoms with van der Waals surface area (Å²) in [4.78, 5) is 18.4. The minimum atomic E-state index is -3.33. The highest BCUT2D eigenvalue weighted by molar-refractivity contribution is 7.88. The van der Waals surface area contributed by atoms with Crippen LogP contribution in [0, 0.1) is 6.92 Å². The summed E-state index contributed by atoms with van der Waals surface area (Å²) in [6.07, 6.45) is 1.79. The zero-order chi connectivity index (χ0) is 17.0. The Balaban J connectivity index is 1.81. The molecule has 0 aliphatic carbocycles. The Morgan fingerprint density at radius 2 is 2.13 bits per heavy atom. The van der Waals surface area contributed by atoms with Crippen LogP contribution in [0.5, 0.6) is 0 Å². The van der Waals surface area contributed by atoms with E-state index in [1.165, 1.54) is 7.05 Å². The van der Waals surface area contributed by atoms with Gasteiger partial charge in [0, 0.05) is 23.8 Å². The van der Waals surface area contributed by atoms with Crippen LogP contribution in [0.4, 0.5) is 0 Å². The largest absolute Gasteiger partial charge is 0.355 e.